The molecule has 0 saturated carbocycles. The number of hydrogen-bond acceptors (Lipinski definition) is 6. The Morgan fingerprint density at radius 2 is 2.00 bits per heavy atom. The van der Waals surface area contributed by atoms with E-state index in [9.17, 15) is 9.90 Å². The second-order valence-corrected chi connectivity index (χ2v) is 8.89. The highest BCUT2D eigenvalue weighted by Crippen LogP contribution is 2.37. The van der Waals surface area contributed by atoms with Gasteiger partial charge in [-0.1, -0.05) is 30.3 Å². The number of nitrogens with zero attached hydrogens (tertiary/aromatic N) is 1. The number of amides is 1. The quantitative estimate of drug-likeness (QED) is 0.801. The van der Waals surface area contributed by atoms with Crippen molar-refractivity contribution in [2.75, 3.05) is 19.7 Å². The van der Waals surface area contributed by atoms with Gasteiger partial charge in [0.25, 0.3) is 0 Å². The lowest BCUT2D eigenvalue weighted by atomic mass is 10.1. The van der Waals surface area contributed by atoms with E-state index < -0.39 is 11.4 Å². The first-order valence-electron chi connectivity index (χ1n) is 9.84. The molecule has 2 N–H and O–H groups in total. The third-order valence-electron chi connectivity index (χ3n) is 4.96. The monoisotopic (exact) mass is 392 g/mol. The molecule has 2 saturated heterocycles. The lowest BCUT2D eigenvalue weighted by molar-refractivity contribution is -0.160. The fourth-order valence-electron chi connectivity index (χ4n) is 3.83. The standard InChI is InChI=1S/C21H32N2O5/c1-20(2,3)28-19(25)23-12-17-18(27-21(4,5)26-17)16(23)11-22-15(13-24)14-9-7-6-8-10-14/h6-10,15-18,22,24H,11-13H2,1-5H3/t15-,16+,17-,18+/m0/s1. The van der Waals surface area contributed by atoms with Crippen LogP contribution in [0.5, 0.6) is 0 Å². The van der Waals surface area contributed by atoms with Gasteiger partial charge in [0.15, 0.2) is 5.79 Å². The first-order valence-corrected chi connectivity index (χ1v) is 9.84. The number of likely N-dealkylation sites (tertiary alicyclic amines) is 1. The van der Waals surface area contributed by atoms with E-state index in [1.165, 1.54) is 0 Å². The Morgan fingerprint density at radius 1 is 1.32 bits per heavy atom. The Hall–Kier alpha value is -1.67. The van der Waals surface area contributed by atoms with E-state index in [1.807, 2.05) is 65.0 Å². The predicted octanol–water partition coefficient (Wildman–Crippen LogP) is 2.45. The number of nitrogens with one attached hydrogen (secondary N) is 1. The largest absolute Gasteiger partial charge is 0.444 e. The summed E-state index contributed by atoms with van der Waals surface area (Å²) in [4.78, 5) is 14.4. The molecular formula is C21H32N2O5. The number of benzene rings is 1. The zero-order chi connectivity index (χ0) is 20.5. The van der Waals surface area contributed by atoms with E-state index in [2.05, 4.69) is 5.32 Å². The number of fused-ring (bicyclic) bond motifs is 1. The molecule has 0 aromatic heterocycles. The summed E-state index contributed by atoms with van der Waals surface area (Å²) in [6, 6.07) is 9.28. The number of aliphatic hydroxyl groups excluding tert-OH is 1. The van der Waals surface area contributed by atoms with E-state index in [0.29, 0.717) is 13.1 Å². The van der Waals surface area contributed by atoms with Crippen LogP contribution in [0.1, 0.15) is 46.2 Å². The number of ether oxygens (including phenoxy) is 3. The summed E-state index contributed by atoms with van der Waals surface area (Å²) in [5, 5.41) is 13.2. The van der Waals surface area contributed by atoms with Gasteiger partial charge in [0.1, 0.15) is 17.8 Å². The van der Waals surface area contributed by atoms with Crippen molar-refractivity contribution in [2.24, 2.45) is 0 Å². The van der Waals surface area contributed by atoms with E-state index >= 15 is 0 Å². The Kier molecular flexibility index (Phi) is 6.00. The van der Waals surface area contributed by atoms with Crippen LogP contribution in [0.25, 0.3) is 0 Å². The van der Waals surface area contributed by atoms with Gasteiger partial charge in [-0.25, -0.2) is 4.79 Å². The predicted molar refractivity (Wildman–Crippen MR) is 105 cm³/mol. The summed E-state index contributed by atoms with van der Waals surface area (Å²) in [7, 11) is 0. The molecule has 2 aliphatic rings. The van der Waals surface area contributed by atoms with Crippen molar-refractivity contribution < 1.29 is 24.1 Å². The third-order valence-corrected chi connectivity index (χ3v) is 4.96. The lowest BCUT2D eigenvalue weighted by Gasteiger charge is -2.32. The number of carbonyl (C=O) groups excluding carboxylic acids is 1. The van der Waals surface area contributed by atoms with Crippen LogP contribution in [0.3, 0.4) is 0 Å². The Balaban J connectivity index is 1.74. The fraction of sp³-hybridized carbons (Fsp3) is 0.667. The average molecular weight is 392 g/mol. The number of rotatable bonds is 5. The highest BCUT2D eigenvalue weighted by molar-refractivity contribution is 5.69. The van der Waals surface area contributed by atoms with Crippen molar-refractivity contribution in [2.45, 2.75) is 70.3 Å². The van der Waals surface area contributed by atoms with Crippen molar-refractivity contribution in [1.29, 1.82) is 0 Å². The van der Waals surface area contributed by atoms with Crippen molar-refractivity contribution in [3.05, 3.63) is 35.9 Å². The molecule has 2 heterocycles. The van der Waals surface area contributed by atoms with Gasteiger partial charge in [-0.15, -0.1) is 0 Å². The summed E-state index contributed by atoms with van der Waals surface area (Å²) in [5.41, 5.74) is 0.415. The normalized spacial score (nSPS) is 27.5. The summed E-state index contributed by atoms with van der Waals surface area (Å²) < 4.78 is 17.7. The minimum atomic E-state index is -0.677. The molecule has 1 amide bonds. The Labute approximate surface area is 166 Å². The molecular weight excluding hydrogens is 360 g/mol. The number of hydrogen-bond donors (Lipinski definition) is 2. The maximum Gasteiger partial charge on any atom is 0.410 e. The van der Waals surface area contributed by atoms with Crippen LogP contribution in [0.4, 0.5) is 4.79 Å². The molecule has 1 aromatic carbocycles. The first kappa shape index (κ1) is 21.0. The van der Waals surface area contributed by atoms with Gasteiger partial charge in [0, 0.05) is 6.54 Å². The molecule has 0 aliphatic carbocycles. The van der Waals surface area contributed by atoms with Crippen LogP contribution in [0, 0.1) is 0 Å². The van der Waals surface area contributed by atoms with Crippen LogP contribution < -0.4 is 5.32 Å². The SMILES string of the molecule is CC(C)(C)OC(=O)N1C[C@@H]2OC(C)(C)O[C@@H]2[C@H]1CN[C@@H](CO)c1ccccc1. The van der Waals surface area contributed by atoms with Crippen LogP contribution in [-0.4, -0.2) is 65.4 Å². The van der Waals surface area contributed by atoms with Crippen LogP contribution in [-0.2, 0) is 14.2 Å². The molecule has 4 atom stereocenters. The topological polar surface area (TPSA) is 80.3 Å². The van der Waals surface area contributed by atoms with Gasteiger partial charge >= 0.3 is 6.09 Å². The maximum absolute atomic E-state index is 12.8. The molecule has 0 spiro atoms. The number of carbonyl (C=O) groups is 1. The van der Waals surface area contributed by atoms with Gasteiger partial charge in [0.05, 0.1) is 25.2 Å². The van der Waals surface area contributed by atoms with Crippen LogP contribution in [0.15, 0.2) is 30.3 Å². The second kappa shape index (κ2) is 7.99. The minimum Gasteiger partial charge on any atom is -0.444 e. The number of aliphatic hydroxyl groups is 1. The molecule has 2 aliphatic heterocycles. The minimum absolute atomic E-state index is 0.0416. The van der Waals surface area contributed by atoms with Gasteiger partial charge < -0.3 is 24.6 Å². The summed E-state index contributed by atoms with van der Waals surface area (Å²) >= 11 is 0. The molecule has 7 heteroatoms. The molecule has 2 fully saturated rings. The van der Waals surface area contributed by atoms with Crippen LogP contribution in [0.2, 0.25) is 0 Å². The smallest absolute Gasteiger partial charge is 0.410 e. The molecule has 0 unspecified atom stereocenters. The van der Waals surface area contributed by atoms with Crippen molar-refractivity contribution in [3.63, 3.8) is 0 Å². The lowest BCUT2D eigenvalue weighted by Crippen LogP contribution is -2.49. The van der Waals surface area contributed by atoms with E-state index in [-0.39, 0.29) is 37.0 Å². The molecule has 156 valence electrons. The van der Waals surface area contributed by atoms with Gasteiger partial charge in [-0.05, 0) is 40.2 Å². The highest BCUT2D eigenvalue weighted by atomic mass is 16.8. The van der Waals surface area contributed by atoms with E-state index in [1.54, 1.807) is 4.90 Å². The van der Waals surface area contributed by atoms with E-state index in [0.717, 1.165) is 5.56 Å². The fourth-order valence-corrected chi connectivity index (χ4v) is 3.83. The van der Waals surface area contributed by atoms with E-state index in [4.69, 9.17) is 14.2 Å². The maximum atomic E-state index is 12.8. The first-order chi connectivity index (χ1) is 13.1. The van der Waals surface area contributed by atoms with Crippen molar-refractivity contribution in [1.82, 2.24) is 10.2 Å². The summed E-state index contributed by atoms with van der Waals surface area (Å²) in [6.07, 6.45) is -0.817. The average Bonchev–Trinajstić information content (AvgIpc) is 3.07. The second-order valence-electron chi connectivity index (χ2n) is 8.89. The Morgan fingerprint density at radius 3 is 2.61 bits per heavy atom. The third kappa shape index (κ3) is 4.84. The molecule has 3 rings (SSSR count). The van der Waals surface area contributed by atoms with Crippen LogP contribution >= 0.6 is 0 Å². The summed E-state index contributed by atoms with van der Waals surface area (Å²) in [6.45, 7) is 10.2. The molecule has 0 radical (unpaired) electrons. The van der Waals surface area contributed by atoms with Gasteiger partial charge in [-0.2, -0.15) is 0 Å². The molecule has 1 aromatic rings. The van der Waals surface area contributed by atoms with Gasteiger partial charge in [-0.3, -0.25) is 4.90 Å². The molecule has 28 heavy (non-hydrogen) atoms. The summed E-state index contributed by atoms with van der Waals surface area (Å²) in [5.74, 6) is -0.677. The van der Waals surface area contributed by atoms with Gasteiger partial charge in [0.2, 0.25) is 0 Å². The zero-order valence-corrected chi connectivity index (χ0v) is 17.3. The Bertz CT molecular complexity index is 673. The molecule has 0 bridgehead atoms. The zero-order valence-electron chi connectivity index (χ0n) is 17.3. The molecule has 7 nitrogen and oxygen atoms in total. The van der Waals surface area contributed by atoms with Crippen molar-refractivity contribution >= 4 is 6.09 Å². The van der Waals surface area contributed by atoms with Crippen molar-refractivity contribution in [3.8, 4) is 0 Å². The highest BCUT2D eigenvalue weighted by Gasteiger charge is 2.54.